The van der Waals surface area contributed by atoms with Crippen LogP contribution in [0.2, 0.25) is 0 Å². The number of carbonyl (C=O) groups excluding carboxylic acids is 1. The van der Waals surface area contributed by atoms with Crippen molar-refractivity contribution in [1.29, 1.82) is 0 Å². The van der Waals surface area contributed by atoms with Gasteiger partial charge in [-0.3, -0.25) is 4.79 Å². The highest BCUT2D eigenvalue weighted by atomic mass is 32.2. The van der Waals surface area contributed by atoms with Gasteiger partial charge in [-0.2, -0.15) is 18.3 Å². The Morgan fingerprint density at radius 1 is 1.43 bits per heavy atom. The maximum Gasteiger partial charge on any atom is 0.416 e. The highest BCUT2D eigenvalue weighted by molar-refractivity contribution is 8.00. The van der Waals surface area contributed by atoms with E-state index in [1.54, 1.807) is 16.8 Å². The third kappa shape index (κ3) is 4.76. The molecule has 2 atom stereocenters. The Morgan fingerprint density at radius 3 is 2.89 bits per heavy atom. The van der Waals surface area contributed by atoms with E-state index >= 15 is 0 Å². The molecule has 1 saturated heterocycles. The average Bonchev–Trinajstić information content (AvgIpc) is 3.04. The lowest BCUT2D eigenvalue weighted by Gasteiger charge is -2.38. The minimum atomic E-state index is -4.37. The van der Waals surface area contributed by atoms with Crippen molar-refractivity contribution in [2.75, 3.05) is 13.7 Å². The molecule has 0 saturated carbocycles. The number of rotatable bonds is 6. The summed E-state index contributed by atoms with van der Waals surface area (Å²) in [5.74, 6) is 0. The molecule has 0 radical (unpaired) electrons. The van der Waals surface area contributed by atoms with Gasteiger partial charge in [-0.05, 0) is 44.0 Å². The summed E-state index contributed by atoms with van der Waals surface area (Å²) < 4.78 is 51.3. The van der Waals surface area contributed by atoms with Crippen molar-refractivity contribution >= 4 is 18.0 Å². The van der Waals surface area contributed by atoms with Crippen LogP contribution in [0.5, 0.6) is 0 Å². The van der Waals surface area contributed by atoms with Crippen LogP contribution in [-0.4, -0.2) is 34.5 Å². The van der Waals surface area contributed by atoms with E-state index in [4.69, 9.17) is 9.47 Å². The second-order valence-corrected chi connectivity index (χ2v) is 8.58. The number of benzene rings is 1. The zero-order valence-corrected chi connectivity index (χ0v) is 16.3. The summed E-state index contributed by atoms with van der Waals surface area (Å²) in [4.78, 5) is 11.7. The molecule has 152 valence electrons. The topological polar surface area (TPSA) is 53.4 Å². The third-order valence-corrected chi connectivity index (χ3v) is 5.98. The molecule has 1 aromatic carbocycles. The lowest BCUT2D eigenvalue weighted by molar-refractivity contribution is -0.137. The zero-order valence-electron chi connectivity index (χ0n) is 15.5. The molecule has 2 unspecified atom stereocenters. The van der Waals surface area contributed by atoms with Gasteiger partial charge in [0.1, 0.15) is 18.5 Å². The number of hydrogen-bond donors (Lipinski definition) is 0. The number of thioether (sulfide) groups is 1. The molecule has 0 amide bonds. The second kappa shape index (κ2) is 8.26. The average molecular weight is 414 g/mol. The Morgan fingerprint density at radius 2 is 2.21 bits per heavy atom. The number of halogens is 3. The van der Waals surface area contributed by atoms with Crippen molar-refractivity contribution in [2.24, 2.45) is 0 Å². The fourth-order valence-corrected chi connectivity index (χ4v) is 4.59. The van der Waals surface area contributed by atoms with Gasteiger partial charge >= 0.3 is 6.18 Å². The molecule has 0 spiro atoms. The highest BCUT2D eigenvalue weighted by Gasteiger charge is 2.37. The molecule has 1 aromatic heterocycles. The lowest BCUT2D eigenvalue weighted by Crippen LogP contribution is -2.32. The number of aldehydes is 1. The number of aromatic nitrogens is 2. The maximum absolute atomic E-state index is 13.0. The Kier molecular flexibility index (Phi) is 6.16. The molecule has 5 nitrogen and oxygen atoms in total. The highest BCUT2D eigenvalue weighted by Crippen LogP contribution is 2.46. The number of hydrogen-bond acceptors (Lipinski definition) is 5. The van der Waals surface area contributed by atoms with E-state index in [-0.39, 0.29) is 23.3 Å². The first-order valence-corrected chi connectivity index (χ1v) is 9.55. The normalized spacial score (nSPS) is 23.0. The van der Waals surface area contributed by atoms with E-state index in [2.05, 4.69) is 5.10 Å². The Hall–Kier alpha value is -1.84. The molecular formula is C19H21F3N2O3S. The summed E-state index contributed by atoms with van der Waals surface area (Å²) in [6.45, 7) is 2.66. The minimum absolute atomic E-state index is 0.181. The lowest BCUT2D eigenvalue weighted by atomic mass is 9.94. The van der Waals surface area contributed by atoms with Crippen molar-refractivity contribution < 1.29 is 27.4 Å². The van der Waals surface area contributed by atoms with Gasteiger partial charge in [0.15, 0.2) is 6.29 Å². The molecule has 1 fully saturated rings. The van der Waals surface area contributed by atoms with Crippen LogP contribution >= 0.6 is 11.8 Å². The van der Waals surface area contributed by atoms with Crippen LogP contribution in [0.3, 0.4) is 0 Å². The van der Waals surface area contributed by atoms with Crippen LogP contribution in [0.1, 0.15) is 47.6 Å². The van der Waals surface area contributed by atoms with Gasteiger partial charge in [-0.15, -0.1) is 11.8 Å². The molecule has 1 aliphatic rings. The summed E-state index contributed by atoms with van der Waals surface area (Å²) >= 11 is 1.42. The van der Waals surface area contributed by atoms with E-state index in [1.807, 2.05) is 6.92 Å². The summed E-state index contributed by atoms with van der Waals surface area (Å²) in [6, 6.07) is 7.03. The summed E-state index contributed by atoms with van der Waals surface area (Å²) in [5.41, 5.74) is 0.353. The van der Waals surface area contributed by atoms with Crippen LogP contribution < -0.4 is 0 Å². The molecular weight excluding hydrogens is 393 g/mol. The molecule has 9 heteroatoms. The Labute approximate surface area is 165 Å². The molecule has 3 rings (SSSR count). The van der Waals surface area contributed by atoms with Gasteiger partial charge < -0.3 is 9.47 Å². The van der Waals surface area contributed by atoms with Crippen LogP contribution in [0.25, 0.3) is 0 Å². The monoisotopic (exact) mass is 414 g/mol. The van der Waals surface area contributed by atoms with Crippen LogP contribution in [0.4, 0.5) is 13.2 Å². The molecule has 0 aliphatic carbocycles. The SMILES string of the molecule is COCn1nc(C=O)cc1C1CC(C)(Sc2cccc(C(F)(F)F)c2)CCO1. The van der Waals surface area contributed by atoms with Gasteiger partial charge in [0.2, 0.25) is 0 Å². The molecule has 0 N–H and O–H groups in total. The van der Waals surface area contributed by atoms with E-state index in [9.17, 15) is 18.0 Å². The molecule has 2 heterocycles. The molecule has 28 heavy (non-hydrogen) atoms. The van der Waals surface area contributed by atoms with Crippen molar-refractivity contribution in [3.8, 4) is 0 Å². The Balaban J connectivity index is 1.81. The number of alkyl halides is 3. The number of ether oxygens (including phenoxy) is 2. The summed E-state index contributed by atoms with van der Waals surface area (Å²) in [7, 11) is 1.53. The smallest absolute Gasteiger partial charge is 0.372 e. The fourth-order valence-electron chi connectivity index (χ4n) is 3.27. The first-order valence-electron chi connectivity index (χ1n) is 8.74. The molecule has 2 aromatic rings. The standard InChI is InChI=1S/C19H21F3N2O3S/c1-18(28-15-5-3-4-13(8-15)19(20,21)22)6-7-27-17(10-18)16-9-14(11-25)23-24(16)12-26-2/h3-5,8-9,11,17H,6-7,10,12H2,1-2H3. The Bertz CT molecular complexity index is 840. The zero-order chi connectivity index (χ0) is 20.4. The van der Waals surface area contributed by atoms with Crippen LogP contribution in [0, 0.1) is 0 Å². The van der Waals surface area contributed by atoms with E-state index in [1.165, 1.54) is 31.0 Å². The number of carbonyl (C=O) groups is 1. The number of methoxy groups -OCH3 is 1. The first kappa shape index (κ1) is 20.9. The fraction of sp³-hybridized carbons (Fsp3) is 0.474. The molecule has 0 bridgehead atoms. The summed E-state index contributed by atoms with van der Waals surface area (Å²) in [5, 5.41) is 4.18. The van der Waals surface area contributed by atoms with Gasteiger partial charge in [0, 0.05) is 23.4 Å². The maximum atomic E-state index is 13.0. The van der Waals surface area contributed by atoms with Gasteiger partial charge in [0.25, 0.3) is 0 Å². The third-order valence-electron chi connectivity index (χ3n) is 4.62. The largest absolute Gasteiger partial charge is 0.416 e. The van der Waals surface area contributed by atoms with Gasteiger partial charge in [-0.25, -0.2) is 4.68 Å². The molecule has 1 aliphatic heterocycles. The van der Waals surface area contributed by atoms with E-state index in [0.717, 1.165) is 11.8 Å². The van der Waals surface area contributed by atoms with Crippen molar-refractivity contribution in [3.63, 3.8) is 0 Å². The van der Waals surface area contributed by atoms with Crippen LogP contribution in [0.15, 0.2) is 35.2 Å². The van der Waals surface area contributed by atoms with Crippen LogP contribution in [-0.2, 0) is 22.4 Å². The quantitative estimate of drug-likeness (QED) is 0.640. The van der Waals surface area contributed by atoms with E-state index < -0.39 is 11.7 Å². The van der Waals surface area contributed by atoms with Crippen molar-refractivity contribution in [3.05, 3.63) is 47.3 Å². The van der Waals surface area contributed by atoms with Crippen molar-refractivity contribution in [2.45, 2.75) is 48.4 Å². The first-order chi connectivity index (χ1) is 13.2. The number of nitrogens with zero attached hydrogens (tertiary/aromatic N) is 2. The van der Waals surface area contributed by atoms with E-state index in [0.29, 0.717) is 30.6 Å². The predicted molar refractivity (Wildman–Crippen MR) is 98.3 cm³/mol. The van der Waals surface area contributed by atoms with Gasteiger partial charge in [0.05, 0.1) is 11.3 Å². The van der Waals surface area contributed by atoms with Crippen molar-refractivity contribution in [1.82, 2.24) is 9.78 Å². The van der Waals surface area contributed by atoms with Gasteiger partial charge in [-0.1, -0.05) is 6.07 Å². The summed E-state index contributed by atoms with van der Waals surface area (Å²) in [6.07, 6.45) is -2.76. The second-order valence-electron chi connectivity index (χ2n) is 6.92. The predicted octanol–water partition coefficient (Wildman–Crippen LogP) is 4.72. The minimum Gasteiger partial charge on any atom is -0.372 e.